The van der Waals surface area contributed by atoms with Crippen molar-refractivity contribution in [3.63, 3.8) is 0 Å². The highest BCUT2D eigenvalue weighted by Crippen LogP contribution is 2.27. The summed E-state index contributed by atoms with van der Waals surface area (Å²) in [6, 6.07) is 15.8. The molecular formula is C17H20FNS. The Bertz CT molecular complexity index is 540. The fourth-order valence-corrected chi connectivity index (χ4v) is 2.87. The van der Waals surface area contributed by atoms with Gasteiger partial charge < -0.3 is 5.32 Å². The molecule has 0 heterocycles. The molecule has 106 valence electrons. The summed E-state index contributed by atoms with van der Waals surface area (Å²) in [5.41, 5.74) is 2.31. The molecule has 0 spiro atoms. The van der Waals surface area contributed by atoms with Crippen LogP contribution in [0.2, 0.25) is 0 Å². The van der Waals surface area contributed by atoms with Crippen molar-refractivity contribution in [1.82, 2.24) is 5.32 Å². The Morgan fingerprint density at radius 1 is 1.10 bits per heavy atom. The van der Waals surface area contributed by atoms with E-state index >= 15 is 0 Å². The van der Waals surface area contributed by atoms with E-state index in [0.717, 1.165) is 16.2 Å². The molecule has 0 saturated heterocycles. The Kier molecular flexibility index (Phi) is 5.62. The predicted molar refractivity (Wildman–Crippen MR) is 84.4 cm³/mol. The molecule has 3 heteroatoms. The van der Waals surface area contributed by atoms with E-state index < -0.39 is 0 Å². The van der Waals surface area contributed by atoms with Gasteiger partial charge in [0.1, 0.15) is 5.82 Å². The predicted octanol–water partition coefficient (Wildman–Crippen LogP) is 4.62. The Morgan fingerprint density at radius 2 is 1.85 bits per heavy atom. The number of rotatable bonds is 6. The molecule has 2 aromatic carbocycles. The maximum atomic E-state index is 13.4. The second-order valence-electron chi connectivity index (χ2n) is 5.06. The minimum absolute atomic E-state index is 0.172. The maximum Gasteiger partial charge on any atom is 0.123 e. The summed E-state index contributed by atoms with van der Waals surface area (Å²) in [7, 11) is 0. The lowest BCUT2D eigenvalue weighted by Crippen LogP contribution is -2.22. The van der Waals surface area contributed by atoms with Gasteiger partial charge in [0, 0.05) is 23.2 Å². The third-order valence-electron chi connectivity index (χ3n) is 2.96. The molecule has 0 radical (unpaired) electrons. The van der Waals surface area contributed by atoms with E-state index in [9.17, 15) is 4.39 Å². The topological polar surface area (TPSA) is 12.0 Å². The standard InChI is InChI=1S/C17H20FNS/c1-13(2)19-11-15-10-16(18)8-9-17(15)20-12-14-6-4-3-5-7-14/h3-10,13,19H,11-12H2,1-2H3. The van der Waals surface area contributed by atoms with Gasteiger partial charge in [0.25, 0.3) is 0 Å². The zero-order chi connectivity index (χ0) is 14.4. The van der Waals surface area contributed by atoms with E-state index in [4.69, 9.17) is 0 Å². The van der Waals surface area contributed by atoms with Crippen LogP contribution in [0.1, 0.15) is 25.0 Å². The maximum absolute atomic E-state index is 13.4. The van der Waals surface area contributed by atoms with Crippen molar-refractivity contribution in [2.45, 2.75) is 37.1 Å². The molecule has 0 aliphatic heterocycles. The molecule has 2 rings (SSSR count). The highest BCUT2D eigenvalue weighted by molar-refractivity contribution is 7.98. The van der Waals surface area contributed by atoms with Crippen LogP contribution in [0.25, 0.3) is 0 Å². The first-order valence-corrected chi connectivity index (χ1v) is 7.82. The highest BCUT2D eigenvalue weighted by atomic mass is 32.2. The lowest BCUT2D eigenvalue weighted by Gasteiger charge is -2.12. The number of hydrogen-bond donors (Lipinski definition) is 1. The van der Waals surface area contributed by atoms with Crippen LogP contribution in [0, 0.1) is 5.82 Å². The van der Waals surface area contributed by atoms with E-state index in [0.29, 0.717) is 12.6 Å². The summed E-state index contributed by atoms with van der Waals surface area (Å²) in [6.07, 6.45) is 0. The summed E-state index contributed by atoms with van der Waals surface area (Å²) in [5, 5.41) is 3.35. The van der Waals surface area contributed by atoms with Crippen LogP contribution in [0.5, 0.6) is 0 Å². The number of nitrogens with one attached hydrogen (secondary N) is 1. The van der Waals surface area contributed by atoms with E-state index in [1.165, 1.54) is 11.6 Å². The Morgan fingerprint density at radius 3 is 2.55 bits per heavy atom. The second-order valence-corrected chi connectivity index (χ2v) is 6.08. The highest BCUT2D eigenvalue weighted by Gasteiger charge is 2.06. The molecule has 0 saturated carbocycles. The Labute approximate surface area is 124 Å². The number of hydrogen-bond acceptors (Lipinski definition) is 2. The minimum atomic E-state index is -0.172. The summed E-state index contributed by atoms with van der Waals surface area (Å²) in [5.74, 6) is 0.732. The quantitative estimate of drug-likeness (QED) is 0.779. The van der Waals surface area contributed by atoms with Gasteiger partial charge in [-0.2, -0.15) is 0 Å². The molecule has 0 bridgehead atoms. The SMILES string of the molecule is CC(C)NCc1cc(F)ccc1SCc1ccccc1. The average molecular weight is 289 g/mol. The van der Waals surface area contributed by atoms with Gasteiger partial charge in [-0.3, -0.25) is 0 Å². The largest absolute Gasteiger partial charge is 0.310 e. The summed E-state index contributed by atoms with van der Waals surface area (Å²) in [4.78, 5) is 1.14. The van der Waals surface area contributed by atoms with Crippen LogP contribution in [0.4, 0.5) is 4.39 Å². The molecule has 1 N–H and O–H groups in total. The Balaban J connectivity index is 2.06. The third kappa shape index (κ3) is 4.66. The molecule has 0 amide bonds. The van der Waals surface area contributed by atoms with Gasteiger partial charge in [-0.1, -0.05) is 44.2 Å². The van der Waals surface area contributed by atoms with Gasteiger partial charge in [-0.15, -0.1) is 11.8 Å². The van der Waals surface area contributed by atoms with Gasteiger partial charge in [-0.25, -0.2) is 4.39 Å². The van der Waals surface area contributed by atoms with E-state index in [1.807, 2.05) is 24.3 Å². The van der Waals surface area contributed by atoms with Gasteiger partial charge in [0.05, 0.1) is 0 Å². The molecule has 0 aliphatic carbocycles. The lowest BCUT2D eigenvalue weighted by molar-refractivity contribution is 0.576. The molecule has 0 aromatic heterocycles. The van der Waals surface area contributed by atoms with Gasteiger partial charge in [0.2, 0.25) is 0 Å². The number of halogens is 1. The number of benzene rings is 2. The zero-order valence-corrected chi connectivity index (χ0v) is 12.7. The summed E-state index contributed by atoms with van der Waals surface area (Å²) < 4.78 is 13.4. The molecule has 20 heavy (non-hydrogen) atoms. The van der Waals surface area contributed by atoms with E-state index in [2.05, 4.69) is 31.3 Å². The second kappa shape index (κ2) is 7.46. The van der Waals surface area contributed by atoms with Crippen molar-refractivity contribution in [3.8, 4) is 0 Å². The molecule has 1 nitrogen and oxygen atoms in total. The molecule has 0 fully saturated rings. The molecule has 0 unspecified atom stereocenters. The van der Waals surface area contributed by atoms with Crippen LogP contribution in [0.15, 0.2) is 53.4 Å². The zero-order valence-electron chi connectivity index (χ0n) is 11.9. The van der Waals surface area contributed by atoms with Crippen LogP contribution >= 0.6 is 11.8 Å². The lowest BCUT2D eigenvalue weighted by atomic mass is 10.2. The van der Waals surface area contributed by atoms with Gasteiger partial charge >= 0.3 is 0 Å². The fraction of sp³-hybridized carbons (Fsp3) is 0.294. The Hall–Kier alpha value is -1.32. The first-order valence-electron chi connectivity index (χ1n) is 6.83. The normalized spacial score (nSPS) is 11.0. The van der Waals surface area contributed by atoms with Crippen molar-refractivity contribution in [1.29, 1.82) is 0 Å². The smallest absolute Gasteiger partial charge is 0.123 e. The van der Waals surface area contributed by atoms with Crippen molar-refractivity contribution >= 4 is 11.8 Å². The minimum Gasteiger partial charge on any atom is -0.310 e. The summed E-state index contributed by atoms with van der Waals surface area (Å²) in [6.45, 7) is 4.89. The van der Waals surface area contributed by atoms with E-state index in [1.54, 1.807) is 17.8 Å². The fourth-order valence-electron chi connectivity index (χ4n) is 1.88. The third-order valence-corrected chi connectivity index (χ3v) is 4.15. The van der Waals surface area contributed by atoms with Crippen molar-refractivity contribution < 1.29 is 4.39 Å². The number of thioether (sulfide) groups is 1. The van der Waals surface area contributed by atoms with E-state index in [-0.39, 0.29) is 5.82 Å². The first kappa shape index (κ1) is 15.1. The van der Waals surface area contributed by atoms with Crippen LogP contribution in [0.3, 0.4) is 0 Å². The van der Waals surface area contributed by atoms with Gasteiger partial charge in [0.15, 0.2) is 0 Å². The van der Waals surface area contributed by atoms with Crippen LogP contribution in [-0.4, -0.2) is 6.04 Å². The van der Waals surface area contributed by atoms with Crippen molar-refractivity contribution in [3.05, 3.63) is 65.5 Å². The average Bonchev–Trinajstić information content (AvgIpc) is 2.45. The van der Waals surface area contributed by atoms with Crippen LogP contribution in [-0.2, 0) is 12.3 Å². The molecule has 0 atom stereocenters. The van der Waals surface area contributed by atoms with Crippen molar-refractivity contribution in [2.75, 3.05) is 0 Å². The molecule has 0 aliphatic rings. The first-order chi connectivity index (χ1) is 9.65. The van der Waals surface area contributed by atoms with Crippen molar-refractivity contribution in [2.24, 2.45) is 0 Å². The van der Waals surface area contributed by atoms with Crippen LogP contribution < -0.4 is 5.32 Å². The summed E-state index contributed by atoms with van der Waals surface area (Å²) >= 11 is 1.75. The van der Waals surface area contributed by atoms with Gasteiger partial charge in [-0.05, 0) is 29.3 Å². The molecular weight excluding hydrogens is 269 g/mol. The molecule has 2 aromatic rings. The monoisotopic (exact) mass is 289 g/mol.